The average molecular weight is 338 g/mol. The van der Waals surface area contributed by atoms with E-state index in [0.29, 0.717) is 17.5 Å². The summed E-state index contributed by atoms with van der Waals surface area (Å²) in [5.74, 6) is -0.283. The Morgan fingerprint density at radius 2 is 2.13 bits per heavy atom. The molecule has 1 aromatic heterocycles. The Morgan fingerprint density at radius 1 is 1.39 bits per heavy atom. The summed E-state index contributed by atoms with van der Waals surface area (Å²) in [5, 5.41) is 15.3. The van der Waals surface area contributed by atoms with Crippen molar-refractivity contribution >= 4 is 11.6 Å². The van der Waals surface area contributed by atoms with Gasteiger partial charge in [0.05, 0.1) is 23.0 Å². The van der Waals surface area contributed by atoms with E-state index in [1.807, 2.05) is 7.05 Å². The summed E-state index contributed by atoms with van der Waals surface area (Å²) in [6, 6.07) is 6.37. The predicted octanol–water partition coefficient (Wildman–Crippen LogP) is 3.30. The summed E-state index contributed by atoms with van der Waals surface area (Å²) in [6.45, 7) is 1.72. The lowest BCUT2D eigenvalue weighted by molar-refractivity contribution is 0.117. The first-order valence-corrected chi connectivity index (χ1v) is 8.26. The number of nitrogens with zero attached hydrogens (tertiary/aromatic N) is 3. The van der Waals surface area contributed by atoms with Crippen LogP contribution >= 0.6 is 11.6 Å². The molecule has 4 nitrogen and oxygen atoms in total. The van der Waals surface area contributed by atoms with E-state index in [0.717, 1.165) is 37.2 Å². The summed E-state index contributed by atoms with van der Waals surface area (Å²) >= 11 is 6.19. The number of benzene rings is 1. The zero-order valence-corrected chi connectivity index (χ0v) is 13.9. The van der Waals surface area contributed by atoms with Gasteiger partial charge in [0.1, 0.15) is 5.82 Å². The molecule has 1 aliphatic rings. The van der Waals surface area contributed by atoms with Gasteiger partial charge in [-0.3, -0.25) is 9.58 Å². The zero-order chi connectivity index (χ0) is 16.4. The Labute approximate surface area is 140 Å². The van der Waals surface area contributed by atoms with Crippen LogP contribution < -0.4 is 0 Å². The maximum Gasteiger partial charge on any atom is 0.123 e. The van der Waals surface area contributed by atoms with E-state index in [-0.39, 0.29) is 5.82 Å². The van der Waals surface area contributed by atoms with Crippen molar-refractivity contribution in [3.63, 3.8) is 0 Å². The van der Waals surface area contributed by atoms with Crippen LogP contribution in [-0.4, -0.2) is 32.4 Å². The van der Waals surface area contributed by atoms with E-state index in [1.54, 1.807) is 23.0 Å². The third-order valence-electron chi connectivity index (χ3n) is 4.61. The maximum absolute atomic E-state index is 13.0. The number of aromatic nitrogens is 2. The first kappa shape index (κ1) is 16.4. The Hall–Kier alpha value is -1.43. The van der Waals surface area contributed by atoms with Gasteiger partial charge >= 0.3 is 0 Å². The molecule has 23 heavy (non-hydrogen) atoms. The van der Waals surface area contributed by atoms with Gasteiger partial charge in [0.25, 0.3) is 0 Å². The fraction of sp³-hybridized carbons (Fsp3) is 0.471. The minimum Gasteiger partial charge on any atom is -0.388 e. The highest BCUT2D eigenvalue weighted by atomic mass is 35.5. The summed E-state index contributed by atoms with van der Waals surface area (Å²) in [6.07, 6.45) is 3.88. The monoisotopic (exact) mass is 337 g/mol. The number of aliphatic hydroxyl groups excluding tert-OH is 1. The number of aryl methyl sites for hydroxylation is 1. The van der Waals surface area contributed by atoms with Gasteiger partial charge < -0.3 is 5.11 Å². The molecule has 0 spiro atoms. The highest BCUT2D eigenvalue weighted by Crippen LogP contribution is 2.29. The molecule has 6 heteroatoms. The number of aliphatic hydroxyl groups is 1. The van der Waals surface area contributed by atoms with Crippen molar-refractivity contribution in [2.75, 3.05) is 6.54 Å². The van der Waals surface area contributed by atoms with Crippen molar-refractivity contribution in [2.24, 2.45) is 7.05 Å². The molecule has 1 aromatic carbocycles. The van der Waals surface area contributed by atoms with Gasteiger partial charge in [-0.1, -0.05) is 23.7 Å². The molecular formula is C17H21ClFN3O. The van der Waals surface area contributed by atoms with E-state index in [2.05, 4.69) is 10.00 Å². The lowest BCUT2D eigenvalue weighted by Crippen LogP contribution is -2.31. The summed E-state index contributed by atoms with van der Waals surface area (Å²) < 4.78 is 14.8. The Kier molecular flexibility index (Phi) is 4.99. The zero-order valence-electron chi connectivity index (χ0n) is 13.1. The molecule has 2 atom stereocenters. The van der Waals surface area contributed by atoms with Crippen molar-refractivity contribution in [1.82, 2.24) is 14.7 Å². The first-order valence-electron chi connectivity index (χ1n) is 7.88. The van der Waals surface area contributed by atoms with Crippen molar-refractivity contribution < 1.29 is 9.50 Å². The molecule has 0 unspecified atom stereocenters. The van der Waals surface area contributed by atoms with E-state index >= 15 is 0 Å². The minimum absolute atomic E-state index is 0.283. The van der Waals surface area contributed by atoms with Crippen molar-refractivity contribution in [3.8, 4) is 0 Å². The molecule has 2 heterocycles. The lowest BCUT2D eigenvalue weighted by atomic mass is 10.0. The van der Waals surface area contributed by atoms with Crippen molar-refractivity contribution in [1.29, 1.82) is 0 Å². The van der Waals surface area contributed by atoms with Gasteiger partial charge in [0.2, 0.25) is 0 Å². The molecule has 0 amide bonds. The molecule has 2 aromatic rings. The fourth-order valence-electron chi connectivity index (χ4n) is 3.26. The van der Waals surface area contributed by atoms with Gasteiger partial charge in [-0.25, -0.2) is 4.39 Å². The van der Waals surface area contributed by atoms with E-state index in [1.165, 1.54) is 12.1 Å². The second kappa shape index (κ2) is 6.99. The molecule has 0 aliphatic carbocycles. The van der Waals surface area contributed by atoms with Gasteiger partial charge in [0.15, 0.2) is 0 Å². The molecular weight excluding hydrogens is 317 g/mol. The second-order valence-corrected chi connectivity index (χ2v) is 6.54. The molecule has 1 saturated heterocycles. The van der Waals surface area contributed by atoms with Crippen LogP contribution in [0.15, 0.2) is 30.5 Å². The smallest absolute Gasteiger partial charge is 0.123 e. The van der Waals surface area contributed by atoms with Gasteiger partial charge in [0, 0.05) is 19.6 Å². The summed E-state index contributed by atoms with van der Waals surface area (Å²) in [5.41, 5.74) is 1.76. The van der Waals surface area contributed by atoms with Crippen LogP contribution in [0, 0.1) is 5.82 Å². The number of likely N-dealkylation sites (tertiary alicyclic amines) is 1. The largest absolute Gasteiger partial charge is 0.388 e. The lowest BCUT2D eigenvalue weighted by Gasteiger charge is -2.26. The van der Waals surface area contributed by atoms with Crippen LogP contribution in [0.25, 0.3) is 0 Å². The second-order valence-electron chi connectivity index (χ2n) is 6.13. The third-order valence-corrected chi connectivity index (χ3v) is 4.93. The quantitative estimate of drug-likeness (QED) is 0.910. The number of hydrogen-bond acceptors (Lipinski definition) is 3. The number of rotatable bonds is 5. The van der Waals surface area contributed by atoms with E-state index in [9.17, 15) is 9.50 Å². The molecule has 1 N–H and O–H groups in total. The standard InChI is InChI=1S/C17H21ClFN3O/c1-21-16(15(18)10-20-21)11-22-8-2-3-14(22)9-17(23)12-4-6-13(19)7-5-12/h4-7,10,14,17,23H,2-3,8-9,11H2,1H3/t14-,17+/m1/s1. The van der Waals surface area contributed by atoms with Gasteiger partial charge in [-0.05, 0) is 43.5 Å². The van der Waals surface area contributed by atoms with E-state index < -0.39 is 6.10 Å². The van der Waals surface area contributed by atoms with Crippen molar-refractivity contribution in [3.05, 3.63) is 52.6 Å². The summed E-state index contributed by atoms with van der Waals surface area (Å²) in [7, 11) is 1.89. The number of hydrogen-bond donors (Lipinski definition) is 1. The van der Waals surface area contributed by atoms with E-state index in [4.69, 9.17) is 11.6 Å². The van der Waals surface area contributed by atoms with Gasteiger partial charge in [-0.2, -0.15) is 5.10 Å². The predicted molar refractivity (Wildman–Crippen MR) is 87.6 cm³/mol. The molecule has 1 fully saturated rings. The molecule has 0 radical (unpaired) electrons. The fourth-order valence-corrected chi connectivity index (χ4v) is 3.48. The first-order chi connectivity index (χ1) is 11.0. The van der Waals surface area contributed by atoms with Crippen molar-refractivity contribution in [2.45, 2.75) is 38.0 Å². The average Bonchev–Trinajstić information content (AvgIpc) is 3.09. The van der Waals surface area contributed by atoms with Crippen LogP contribution in [0.1, 0.15) is 36.6 Å². The normalized spacial score (nSPS) is 20.1. The molecule has 0 bridgehead atoms. The minimum atomic E-state index is -0.580. The summed E-state index contributed by atoms with van der Waals surface area (Å²) in [4.78, 5) is 2.34. The topological polar surface area (TPSA) is 41.3 Å². The molecule has 1 aliphatic heterocycles. The third kappa shape index (κ3) is 3.74. The van der Waals surface area contributed by atoms with Crippen LogP contribution in [0.5, 0.6) is 0 Å². The van der Waals surface area contributed by atoms with Crippen LogP contribution in [0.4, 0.5) is 4.39 Å². The molecule has 124 valence electrons. The molecule has 0 saturated carbocycles. The highest BCUT2D eigenvalue weighted by molar-refractivity contribution is 6.31. The highest BCUT2D eigenvalue weighted by Gasteiger charge is 2.28. The van der Waals surface area contributed by atoms with Crippen LogP contribution in [0.2, 0.25) is 5.02 Å². The van der Waals surface area contributed by atoms with Crippen LogP contribution in [-0.2, 0) is 13.6 Å². The SMILES string of the molecule is Cn1ncc(Cl)c1CN1CCC[C@@H]1C[C@H](O)c1ccc(F)cc1. The maximum atomic E-state index is 13.0. The molecule has 3 rings (SSSR count). The Bertz CT molecular complexity index is 639. The Morgan fingerprint density at radius 3 is 2.78 bits per heavy atom. The number of halogens is 2. The Balaban J connectivity index is 1.66. The van der Waals surface area contributed by atoms with Gasteiger partial charge in [-0.15, -0.1) is 0 Å². The van der Waals surface area contributed by atoms with Crippen LogP contribution in [0.3, 0.4) is 0 Å².